The van der Waals surface area contributed by atoms with Crippen LogP contribution in [0.2, 0.25) is 0 Å². The molecular formula is C11H25ClN2O. The molecule has 0 aliphatic heterocycles. The predicted molar refractivity (Wildman–Crippen MR) is 67.0 cm³/mol. The molecular weight excluding hydrogens is 212 g/mol. The lowest BCUT2D eigenvalue weighted by Crippen LogP contribution is -2.23. The summed E-state index contributed by atoms with van der Waals surface area (Å²) in [5.41, 5.74) is 10.7. The first-order valence-corrected chi connectivity index (χ1v) is 5.71. The number of carbonyl (C=O) groups is 1. The molecule has 1 unspecified atom stereocenters. The minimum absolute atomic E-state index is 0. The average Bonchev–Trinajstić information content (AvgIpc) is 2.15. The predicted octanol–water partition coefficient (Wildman–Crippen LogP) is 2.22. The fourth-order valence-corrected chi connectivity index (χ4v) is 1.67. The maximum absolute atomic E-state index is 11.0. The lowest BCUT2D eigenvalue weighted by atomic mass is 9.96. The second kappa shape index (κ2) is 11.8. The van der Waals surface area contributed by atoms with Crippen LogP contribution in [-0.2, 0) is 4.79 Å². The Hall–Kier alpha value is -0.280. The summed E-state index contributed by atoms with van der Waals surface area (Å²) in [5, 5.41) is 0. The van der Waals surface area contributed by atoms with Crippen molar-refractivity contribution in [3.05, 3.63) is 0 Å². The van der Waals surface area contributed by atoms with Crippen LogP contribution in [-0.4, -0.2) is 12.5 Å². The van der Waals surface area contributed by atoms with E-state index < -0.39 is 0 Å². The van der Waals surface area contributed by atoms with Crippen molar-refractivity contribution in [1.82, 2.24) is 0 Å². The van der Waals surface area contributed by atoms with E-state index in [1.807, 2.05) is 0 Å². The zero-order valence-corrected chi connectivity index (χ0v) is 10.5. The zero-order valence-electron chi connectivity index (χ0n) is 9.71. The van der Waals surface area contributed by atoms with Gasteiger partial charge in [-0.25, -0.2) is 0 Å². The maximum Gasteiger partial charge on any atom is 0.220 e. The monoisotopic (exact) mass is 236 g/mol. The number of amides is 1. The first kappa shape index (κ1) is 17.1. The minimum atomic E-state index is -0.134. The van der Waals surface area contributed by atoms with E-state index in [0.717, 1.165) is 38.6 Å². The summed E-state index contributed by atoms with van der Waals surface area (Å²) >= 11 is 0. The van der Waals surface area contributed by atoms with Crippen molar-refractivity contribution in [2.45, 2.75) is 51.9 Å². The molecule has 0 heterocycles. The lowest BCUT2D eigenvalue weighted by Gasteiger charge is -2.11. The highest BCUT2D eigenvalue weighted by molar-refractivity contribution is 5.85. The van der Waals surface area contributed by atoms with E-state index in [0.29, 0.717) is 0 Å². The molecule has 0 bridgehead atoms. The molecule has 0 aliphatic carbocycles. The van der Waals surface area contributed by atoms with Crippen LogP contribution in [0.3, 0.4) is 0 Å². The van der Waals surface area contributed by atoms with Crippen molar-refractivity contribution in [1.29, 1.82) is 0 Å². The van der Waals surface area contributed by atoms with Crippen LogP contribution in [0.15, 0.2) is 0 Å². The van der Waals surface area contributed by atoms with Crippen molar-refractivity contribution in [3.63, 3.8) is 0 Å². The number of halogens is 1. The molecule has 0 aliphatic rings. The quantitative estimate of drug-likeness (QED) is 0.603. The van der Waals surface area contributed by atoms with Crippen LogP contribution in [0, 0.1) is 5.92 Å². The third-order valence-corrected chi connectivity index (χ3v) is 2.55. The fourth-order valence-electron chi connectivity index (χ4n) is 1.67. The number of nitrogens with two attached hydrogens (primary N) is 2. The van der Waals surface area contributed by atoms with E-state index in [4.69, 9.17) is 11.5 Å². The minimum Gasteiger partial charge on any atom is -0.369 e. The normalized spacial score (nSPS) is 11.9. The van der Waals surface area contributed by atoms with Crippen molar-refractivity contribution in [2.75, 3.05) is 6.54 Å². The van der Waals surface area contributed by atoms with Gasteiger partial charge in [0.25, 0.3) is 0 Å². The molecule has 0 spiro atoms. The Labute approximate surface area is 99.4 Å². The summed E-state index contributed by atoms with van der Waals surface area (Å²) in [6, 6.07) is 0. The smallest absolute Gasteiger partial charge is 0.220 e. The highest BCUT2D eigenvalue weighted by Gasteiger charge is 2.12. The molecule has 0 aromatic carbocycles. The van der Waals surface area contributed by atoms with Crippen LogP contribution in [0.4, 0.5) is 0 Å². The summed E-state index contributed by atoms with van der Waals surface area (Å²) in [4.78, 5) is 11.0. The molecule has 15 heavy (non-hydrogen) atoms. The average molecular weight is 237 g/mol. The summed E-state index contributed by atoms with van der Waals surface area (Å²) in [6.45, 7) is 2.86. The molecule has 0 aromatic heterocycles. The van der Waals surface area contributed by atoms with E-state index in [-0.39, 0.29) is 24.2 Å². The van der Waals surface area contributed by atoms with Gasteiger partial charge in [-0.05, 0) is 25.8 Å². The summed E-state index contributed by atoms with van der Waals surface area (Å²) in [6.07, 6.45) is 7.47. The van der Waals surface area contributed by atoms with Gasteiger partial charge >= 0.3 is 0 Å². The van der Waals surface area contributed by atoms with Crippen molar-refractivity contribution in [2.24, 2.45) is 17.4 Å². The van der Waals surface area contributed by atoms with E-state index in [1.54, 1.807) is 0 Å². The Balaban J connectivity index is 0. The largest absolute Gasteiger partial charge is 0.369 e. The molecule has 0 saturated heterocycles. The van der Waals surface area contributed by atoms with Crippen molar-refractivity contribution in [3.8, 4) is 0 Å². The topological polar surface area (TPSA) is 69.1 Å². The Kier molecular flexibility index (Phi) is 13.5. The standard InChI is InChI=1S/C11H24N2O.ClH/c1-2-7-10(11(13)14)8-5-3-4-6-9-12;/h10H,2-9,12H2,1H3,(H2,13,14);1H. The SMILES string of the molecule is CCCC(CCCCCCN)C(N)=O.Cl. The van der Waals surface area contributed by atoms with E-state index in [2.05, 4.69) is 6.92 Å². The number of carbonyl (C=O) groups excluding carboxylic acids is 1. The molecule has 0 fully saturated rings. The molecule has 0 saturated carbocycles. The van der Waals surface area contributed by atoms with Crippen molar-refractivity contribution >= 4 is 18.3 Å². The van der Waals surface area contributed by atoms with Gasteiger partial charge in [0, 0.05) is 5.92 Å². The van der Waals surface area contributed by atoms with Gasteiger partial charge in [-0.15, -0.1) is 12.4 Å². The fraction of sp³-hybridized carbons (Fsp3) is 0.909. The van der Waals surface area contributed by atoms with E-state index >= 15 is 0 Å². The van der Waals surface area contributed by atoms with Gasteiger partial charge in [0.15, 0.2) is 0 Å². The Bertz CT molecular complexity index is 154. The zero-order chi connectivity index (χ0) is 10.8. The first-order chi connectivity index (χ1) is 6.72. The van der Waals surface area contributed by atoms with Crippen LogP contribution < -0.4 is 11.5 Å². The van der Waals surface area contributed by atoms with Crippen LogP contribution in [0.25, 0.3) is 0 Å². The van der Waals surface area contributed by atoms with Gasteiger partial charge in [0.1, 0.15) is 0 Å². The maximum atomic E-state index is 11.0. The van der Waals surface area contributed by atoms with Gasteiger partial charge in [-0.3, -0.25) is 4.79 Å². The van der Waals surface area contributed by atoms with Crippen LogP contribution in [0.5, 0.6) is 0 Å². The molecule has 0 rings (SSSR count). The third-order valence-electron chi connectivity index (χ3n) is 2.55. The van der Waals surface area contributed by atoms with E-state index in [9.17, 15) is 4.79 Å². The molecule has 4 heteroatoms. The van der Waals surface area contributed by atoms with Gasteiger partial charge < -0.3 is 11.5 Å². The molecule has 0 radical (unpaired) electrons. The van der Waals surface area contributed by atoms with Crippen LogP contribution >= 0.6 is 12.4 Å². The number of hydrogen-bond donors (Lipinski definition) is 2. The number of unbranched alkanes of at least 4 members (excludes halogenated alkanes) is 3. The second-order valence-electron chi connectivity index (χ2n) is 3.88. The number of primary amides is 1. The van der Waals surface area contributed by atoms with Gasteiger partial charge in [0.05, 0.1) is 0 Å². The Morgan fingerprint density at radius 3 is 2.20 bits per heavy atom. The number of hydrogen-bond acceptors (Lipinski definition) is 2. The molecule has 4 N–H and O–H groups in total. The Morgan fingerprint density at radius 2 is 1.73 bits per heavy atom. The van der Waals surface area contributed by atoms with E-state index in [1.165, 1.54) is 12.8 Å². The lowest BCUT2D eigenvalue weighted by molar-refractivity contribution is -0.122. The molecule has 1 amide bonds. The van der Waals surface area contributed by atoms with Crippen molar-refractivity contribution < 1.29 is 4.79 Å². The highest BCUT2D eigenvalue weighted by atomic mass is 35.5. The molecule has 3 nitrogen and oxygen atoms in total. The molecule has 92 valence electrons. The van der Waals surface area contributed by atoms with Crippen LogP contribution in [0.1, 0.15) is 51.9 Å². The second-order valence-corrected chi connectivity index (χ2v) is 3.88. The summed E-state index contributed by atoms with van der Waals surface area (Å²) in [7, 11) is 0. The highest BCUT2D eigenvalue weighted by Crippen LogP contribution is 2.15. The third kappa shape index (κ3) is 10.0. The van der Waals surface area contributed by atoms with Gasteiger partial charge in [-0.1, -0.05) is 32.6 Å². The number of rotatable bonds is 9. The summed E-state index contributed by atoms with van der Waals surface area (Å²) in [5.74, 6) is -0.0384. The molecule has 0 aromatic rings. The van der Waals surface area contributed by atoms with Gasteiger partial charge in [0.2, 0.25) is 5.91 Å². The Morgan fingerprint density at radius 1 is 1.13 bits per heavy atom. The molecule has 1 atom stereocenters. The summed E-state index contributed by atoms with van der Waals surface area (Å²) < 4.78 is 0. The first-order valence-electron chi connectivity index (χ1n) is 5.71. The van der Waals surface area contributed by atoms with Gasteiger partial charge in [-0.2, -0.15) is 0 Å².